The van der Waals surface area contributed by atoms with Crippen LogP contribution in [0.1, 0.15) is 29.8 Å². The number of tetrazole rings is 1. The molecule has 0 aliphatic heterocycles. The van der Waals surface area contributed by atoms with E-state index in [1.54, 1.807) is 50.2 Å². The quantitative estimate of drug-likeness (QED) is 0.576. The second kappa shape index (κ2) is 8.55. The maximum absolute atomic E-state index is 12.3. The minimum absolute atomic E-state index is 0.0594. The molecule has 9 heteroatoms. The Morgan fingerprint density at radius 2 is 1.93 bits per heavy atom. The van der Waals surface area contributed by atoms with Crippen molar-refractivity contribution < 1.29 is 23.0 Å². The topological polar surface area (TPSA) is 79.1 Å². The van der Waals surface area contributed by atoms with E-state index >= 15 is 0 Å². The summed E-state index contributed by atoms with van der Waals surface area (Å²) >= 11 is 0. The van der Waals surface area contributed by atoms with E-state index < -0.39 is 12.6 Å². The number of halogens is 2. The standard InChI is InChI=1S/C19H18F2N4O3/c1-12(2)27-18(26)15-7-4-6-14(10-15)17-22-24-25(23-17)11-13-5-3-8-16(9-13)28-19(20)21/h3-10,12,19H,11H2,1-2H3. The number of carbonyl (C=O) groups is 1. The van der Waals surface area contributed by atoms with Gasteiger partial charge >= 0.3 is 12.6 Å². The SMILES string of the molecule is CC(C)OC(=O)c1cccc(-c2nnn(Cc3cccc(OC(F)F)c3)n2)c1. The summed E-state index contributed by atoms with van der Waals surface area (Å²) < 4.78 is 34.2. The van der Waals surface area contributed by atoms with Gasteiger partial charge in [-0.2, -0.15) is 13.6 Å². The van der Waals surface area contributed by atoms with Crippen molar-refractivity contribution >= 4 is 5.97 Å². The Morgan fingerprint density at radius 3 is 2.68 bits per heavy atom. The van der Waals surface area contributed by atoms with E-state index in [9.17, 15) is 13.6 Å². The van der Waals surface area contributed by atoms with E-state index in [4.69, 9.17) is 4.74 Å². The fourth-order valence-electron chi connectivity index (χ4n) is 2.48. The summed E-state index contributed by atoms with van der Waals surface area (Å²) in [7, 11) is 0. The van der Waals surface area contributed by atoms with Crippen LogP contribution in [0.5, 0.6) is 5.75 Å². The molecule has 7 nitrogen and oxygen atoms in total. The second-order valence-corrected chi connectivity index (χ2v) is 6.20. The molecule has 0 saturated heterocycles. The zero-order chi connectivity index (χ0) is 20.1. The van der Waals surface area contributed by atoms with Gasteiger partial charge in [0.15, 0.2) is 0 Å². The first-order chi connectivity index (χ1) is 13.4. The molecule has 0 N–H and O–H groups in total. The molecule has 0 saturated carbocycles. The molecule has 146 valence electrons. The summed E-state index contributed by atoms with van der Waals surface area (Å²) in [6.45, 7) is 0.885. The van der Waals surface area contributed by atoms with Crippen molar-refractivity contribution in [2.75, 3.05) is 0 Å². The Balaban J connectivity index is 1.75. The third kappa shape index (κ3) is 5.09. The van der Waals surface area contributed by atoms with Gasteiger partial charge < -0.3 is 9.47 Å². The molecule has 0 aliphatic rings. The highest BCUT2D eigenvalue weighted by atomic mass is 19.3. The lowest BCUT2D eigenvalue weighted by Crippen LogP contribution is -2.11. The summed E-state index contributed by atoms with van der Waals surface area (Å²) in [5.74, 6) is -0.0385. The number of carbonyl (C=O) groups excluding carboxylic acids is 1. The molecule has 1 aromatic heterocycles. The molecular weight excluding hydrogens is 370 g/mol. The molecule has 0 unspecified atom stereocenters. The average molecular weight is 388 g/mol. The van der Waals surface area contributed by atoms with Crippen LogP contribution in [0.25, 0.3) is 11.4 Å². The van der Waals surface area contributed by atoms with Crippen LogP contribution in [0.15, 0.2) is 48.5 Å². The van der Waals surface area contributed by atoms with Gasteiger partial charge in [-0.05, 0) is 48.9 Å². The fourth-order valence-corrected chi connectivity index (χ4v) is 2.48. The van der Waals surface area contributed by atoms with Gasteiger partial charge in [0.25, 0.3) is 0 Å². The second-order valence-electron chi connectivity index (χ2n) is 6.20. The summed E-state index contributed by atoms with van der Waals surface area (Å²) in [6, 6.07) is 13.0. The summed E-state index contributed by atoms with van der Waals surface area (Å²) in [6.07, 6.45) is -0.222. The number of rotatable bonds is 7. The molecule has 0 radical (unpaired) electrons. The number of hydrogen-bond donors (Lipinski definition) is 0. The van der Waals surface area contributed by atoms with Gasteiger partial charge in [-0.15, -0.1) is 10.2 Å². The first-order valence-electron chi connectivity index (χ1n) is 8.53. The fraction of sp³-hybridized carbons (Fsp3) is 0.263. The third-order valence-electron chi connectivity index (χ3n) is 3.60. The van der Waals surface area contributed by atoms with Crippen molar-refractivity contribution in [1.82, 2.24) is 20.2 Å². The van der Waals surface area contributed by atoms with Gasteiger partial charge in [0.05, 0.1) is 18.2 Å². The largest absolute Gasteiger partial charge is 0.459 e. The lowest BCUT2D eigenvalue weighted by Gasteiger charge is -2.08. The molecule has 0 fully saturated rings. The Hall–Kier alpha value is -3.36. The minimum Gasteiger partial charge on any atom is -0.459 e. The summed E-state index contributed by atoms with van der Waals surface area (Å²) in [4.78, 5) is 13.4. The van der Waals surface area contributed by atoms with Crippen LogP contribution in [0.3, 0.4) is 0 Å². The zero-order valence-electron chi connectivity index (χ0n) is 15.3. The number of hydrogen-bond acceptors (Lipinski definition) is 6. The Kier molecular flexibility index (Phi) is 5.93. The van der Waals surface area contributed by atoms with Crippen LogP contribution >= 0.6 is 0 Å². The Morgan fingerprint density at radius 1 is 1.14 bits per heavy atom. The number of nitrogens with zero attached hydrogens (tertiary/aromatic N) is 4. The Labute approximate surface area is 159 Å². The zero-order valence-corrected chi connectivity index (χ0v) is 15.3. The van der Waals surface area contributed by atoms with Crippen LogP contribution in [0.4, 0.5) is 8.78 Å². The highest BCUT2D eigenvalue weighted by molar-refractivity contribution is 5.90. The molecule has 3 rings (SSSR count). The van der Waals surface area contributed by atoms with Gasteiger partial charge in [0, 0.05) is 5.56 Å². The maximum Gasteiger partial charge on any atom is 0.387 e. The van der Waals surface area contributed by atoms with E-state index in [1.165, 1.54) is 16.9 Å². The normalized spacial score (nSPS) is 11.1. The summed E-state index contributed by atoms with van der Waals surface area (Å²) in [5, 5.41) is 12.2. The van der Waals surface area contributed by atoms with Crippen LogP contribution < -0.4 is 4.74 Å². The predicted octanol–water partition coefficient (Wildman–Crippen LogP) is 3.56. The Bertz CT molecular complexity index is 960. The highest BCUT2D eigenvalue weighted by Crippen LogP contribution is 2.18. The van der Waals surface area contributed by atoms with Crippen molar-refractivity contribution in [2.24, 2.45) is 0 Å². The number of aromatic nitrogens is 4. The van der Waals surface area contributed by atoms with Crippen molar-refractivity contribution in [3.05, 3.63) is 59.7 Å². The molecule has 0 amide bonds. The third-order valence-corrected chi connectivity index (χ3v) is 3.60. The highest BCUT2D eigenvalue weighted by Gasteiger charge is 2.13. The molecular formula is C19H18F2N4O3. The van der Waals surface area contributed by atoms with E-state index in [2.05, 4.69) is 20.1 Å². The van der Waals surface area contributed by atoms with Crippen molar-refractivity contribution in [3.8, 4) is 17.1 Å². The monoisotopic (exact) mass is 388 g/mol. The van der Waals surface area contributed by atoms with Gasteiger partial charge in [0.1, 0.15) is 5.75 Å². The lowest BCUT2D eigenvalue weighted by molar-refractivity contribution is -0.0498. The first kappa shape index (κ1) is 19.4. The van der Waals surface area contributed by atoms with Crippen LogP contribution in [-0.4, -0.2) is 38.9 Å². The van der Waals surface area contributed by atoms with Gasteiger partial charge in [-0.1, -0.05) is 24.3 Å². The van der Waals surface area contributed by atoms with Gasteiger partial charge in [-0.3, -0.25) is 0 Å². The molecule has 0 bridgehead atoms. The van der Waals surface area contributed by atoms with Crippen LogP contribution in [0.2, 0.25) is 0 Å². The lowest BCUT2D eigenvalue weighted by atomic mass is 10.1. The van der Waals surface area contributed by atoms with Crippen LogP contribution in [-0.2, 0) is 11.3 Å². The molecule has 0 spiro atoms. The molecule has 2 aromatic carbocycles. The number of ether oxygens (including phenoxy) is 2. The molecule has 0 aliphatic carbocycles. The first-order valence-corrected chi connectivity index (χ1v) is 8.53. The average Bonchev–Trinajstić information content (AvgIpc) is 3.09. The number of esters is 1. The number of benzene rings is 2. The maximum atomic E-state index is 12.3. The molecule has 1 heterocycles. The van der Waals surface area contributed by atoms with E-state index in [0.717, 1.165) is 0 Å². The van der Waals surface area contributed by atoms with Crippen molar-refractivity contribution in [1.29, 1.82) is 0 Å². The van der Waals surface area contributed by atoms with Crippen molar-refractivity contribution in [3.63, 3.8) is 0 Å². The van der Waals surface area contributed by atoms with Crippen LogP contribution in [0, 0.1) is 0 Å². The molecule has 3 aromatic rings. The van der Waals surface area contributed by atoms with Crippen molar-refractivity contribution in [2.45, 2.75) is 33.1 Å². The number of alkyl halides is 2. The van der Waals surface area contributed by atoms with Gasteiger partial charge in [0.2, 0.25) is 5.82 Å². The molecule has 28 heavy (non-hydrogen) atoms. The van der Waals surface area contributed by atoms with Gasteiger partial charge in [-0.25, -0.2) is 4.79 Å². The van der Waals surface area contributed by atoms with E-state index in [-0.39, 0.29) is 18.4 Å². The smallest absolute Gasteiger partial charge is 0.387 e. The predicted molar refractivity (Wildman–Crippen MR) is 96.0 cm³/mol. The molecule has 0 atom stereocenters. The van der Waals surface area contributed by atoms with E-state index in [1.807, 2.05) is 0 Å². The minimum atomic E-state index is -2.89. The van der Waals surface area contributed by atoms with E-state index in [0.29, 0.717) is 22.5 Å². The summed E-state index contributed by atoms with van der Waals surface area (Å²) in [5.41, 5.74) is 1.68.